The lowest BCUT2D eigenvalue weighted by Crippen LogP contribution is -2.23. The molecule has 0 saturated carbocycles. The van der Waals surface area contributed by atoms with Crippen molar-refractivity contribution in [3.63, 3.8) is 0 Å². The van der Waals surface area contributed by atoms with Crippen LogP contribution in [0.4, 0.5) is 0 Å². The first-order valence-corrected chi connectivity index (χ1v) is 7.68. The van der Waals surface area contributed by atoms with Gasteiger partial charge in [0, 0.05) is 19.8 Å². The molecular weight excluding hydrogens is 250 g/mol. The van der Waals surface area contributed by atoms with Gasteiger partial charge in [0.1, 0.15) is 0 Å². The molecule has 1 unspecified atom stereocenters. The van der Waals surface area contributed by atoms with Gasteiger partial charge in [0.15, 0.2) is 0 Å². The predicted octanol–water partition coefficient (Wildman–Crippen LogP) is 3.13. The minimum Gasteiger partial charge on any atom is -0.387 e. The van der Waals surface area contributed by atoms with Crippen LogP contribution in [0.25, 0.3) is 0 Å². The van der Waals surface area contributed by atoms with Gasteiger partial charge in [-0.25, -0.2) is 0 Å². The Morgan fingerprint density at radius 2 is 1.90 bits per heavy atom. The number of aliphatic hydroxyl groups excluding tert-OH is 1. The molecule has 0 aliphatic carbocycles. The topological polar surface area (TPSA) is 41.5 Å². The highest BCUT2D eigenvalue weighted by Gasteiger charge is 2.07. The number of aliphatic hydroxyl groups is 1. The molecule has 1 aromatic rings. The fourth-order valence-electron chi connectivity index (χ4n) is 1.98. The quantitative estimate of drug-likeness (QED) is 0.647. The molecule has 0 radical (unpaired) electrons. The summed E-state index contributed by atoms with van der Waals surface area (Å²) in [5, 5.41) is 13.4. The summed E-state index contributed by atoms with van der Waals surface area (Å²) in [5.41, 5.74) is 3.48. The lowest BCUT2D eigenvalue weighted by atomic mass is 10.0. The van der Waals surface area contributed by atoms with Crippen LogP contribution in [-0.2, 0) is 4.74 Å². The minimum absolute atomic E-state index is 0.435. The van der Waals surface area contributed by atoms with Crippen LogP contribution in [0, 0.1) is 13.8 Å². The zero-order valence-electron chi connectivity index (χ0n) is 13.1. The molecule has 114 valence electrons. The van der Waals surface area contributed by atoms with Gasteiger partial charge in [-0.2, -0.15) is 0 Å². The smallest absolute Gasteiger partial charge is 0.0914 e. The summed E-state index contributed by atoms with van der Waals surface area (Å²) >= 11 is 0. The van der Waals surface area contributed by atoms with E-state index < -0.39 is 6.10 Å². The van der Waals surface area contributed by atoms with E-state index >= 15 is 0 Å². The molecule has 20 heavy (non-hydrogen) atoms. The number of ether oxygens (including phenoxy) is 1. The van der Waals surface area contributed by atoms with Gasteiger partial charge in [0.25, 0.3) is 0 Å². The van der Waals surface area contributed by atoms with Crippen molar-refractivity contribution >= 4 is 0 Å². The van der Waals surface area contributed by atoms with Gasteiger partial charge < -0.3 is 15.2 Å². The molecule has 0 spiro atoms. The van der Waals surface area contributed by atoms with E-state index in [1.165, 1.54) is 17.5 Å². The van der Waals surface area contributed by atoms with E-state index in [0.29, 0.717) is 6.54 Å². The van der Waals surface area contributed by atoms with Crippen molar-refractivity contribution in [2.45, 2.75) is 46.1 Å². The second-order valence-corrected chi connectivity index (χ2v) is 5.38. The number of hydrogen-bond donors (Lipinski definition) is 2. The molecule has 3 heteroatoms. The molecule has 0 amide bonds. The van der Waals surface area contributed by atoms with Crippen LogP contribution < -0.4 is 5.32 Å². The highest BCUT2D eigenvalue weighted by atomic mass is 16.5. The number of hydrogen-bond acceptors (Lipinski definition) is 3. The van der Waals surface area contributed by atoms with Gasteiger partial charge in [-0.1, -0.05) is 31.5 Å². The molecule has 1 aromatic carbocycles. The van der Waals surface area contributed by atoms with E-state index in [0.717, 1.165) is 38.2 Å². The average Bonchev–Trinajstić information content (AvgIpc) is 2.44. The third-order valence-electron chi connectivity index (χ3n) is 3.54. The highest BCUT2D eigenvalue weighted by molar-refractivity contribution is 5.31. The van der Waals surface area contributed by atoms with Gasteiger partial charge in [-0.3, -0.25) is 0 Å². The van der Waals surface area contributed by atoms with Crippen LogP contribution >= 0.6 is 0 Å². The van der Waals surface area contributed by atoms with Crippen molar-refractivity contribution in [1.29, 1.82) is 0 Å². The van der Waals surface area contributed by atoms with E-state index in [1.807, 2.05) is 6.07 Å². The summed E-state index contributed by atoms with van der Waals surface area (Å²) in [7, 11) is 0. The molecule has 1 atom stereocenters. The number of unbranched alkanes of at least 4 members (excludes halogenated alkanes) is 1. The van der Waals surface area contributed by atoms with Crippen molar-refractivity contribution in [3.8, 4) is 0 Å². The SMILES string of the molecule is CCCCOCCCNCC(O)c1ccc(C)c(C)c1. The Morgan fingerprint density at radius 1 is 1.15 bits per heavy atom. The molecule has 2 N–H and O–H groups in total. The third-order valence-corrected chi connectivity index (χ3v) is 3.54. The van der Waals surface area contributed by atoms with Crippen molar-refractivity contribution < 1.29 is 9.84 Å². The molecule has 0 aromatic heterocycles. The van der Waals surface area contributed by atoms with E-state index in [2.05, 4.69) is 38.2 Å². The number of aryl methyl sites for hydroxylation is 2. The third kappa shape index (κ3) is 6.51. The van der Waals surface area contributed by atoms with Crippen LogP contribution in [0.5, 0.6) is 0 Å². The van der Waals surface area contributed by atoms with Crippen molar-refractivity contribution in [2.75, 3.05) is 26.3 Å². The fraction of sp³-hybridized carbons (Fsp3) is 0.647. The first-order valence-electron chi connectivity index (χ1n) is 7.68. The zero-order chi connectivity index (χ0) is 14.8. The Labute approximate surface area is 123 Å². The fourth-order valence-corrected chi connectivity index (χ4v) is 1.98. The lowest BCUT2D eigenvalue weighted by Gasteiger charge is -2.13. The van der Waals surface area contributed by atoms with Crippen LogP contribution in [-0.4, -0.2) is 31.4 Å². The summed E-state index contributed by atoms with van der Waals surface area (Å²) < 4.78 is 5.49. The van der Waals surface area contributed by atoms with E-state index in [4.69, 9.17) is 4.74 Å². The van der Waals surface area contributed by atoms with Crippen LogP contribution in [0.3, 0.4) is 0 Å². The maximum Gasteiger partial charge on any atom is 0.0914 e. The van der Waals surface area contributed by atoms with E-state index in [-0.39, 0.29) is 0 Å². The molecule has 0 saturated heterocycles. The maximum atomic E-state index is 10.1. The summed E-state index contributed by atoms with van der Waals surface area (Å²) in [5.74, 6) is 0. The van der Waals surface area contributed by atoms with Crippen molar-refractivity contribution in [3.05, 3.63) is 34.9 Å². The van der Waals surface area contributed by atoms with Crippen LogP contribution in [0.15, 0.2) is 18.2 Å². The molecule has 0 heterocycles. The predicted molar refractivity (Wildman–Crippen MR) is 84.1 cm³/mol. The summed E-state index contributed by atoms with van der Waals surface area (Å²) in [6.07, 6.45) is 2.87. The Kier molecular flexibility index (Phi) is 8.51. The van der Waals surface area contributed by atoms with Gasteiger partial charge in [0.2, 0.25) is 0 Å². The van der Waals surface area contributed by atoms with Gasteiger partial charge in [-0.05, 0) is 49.9 Å². The Bertz CT molecular complexity index is 379. The zero-order valence-corrected chi connectivity index (χ0v) is 13.1. The van der Waals surface area contributed by atoms with Gasteiger partial charge in [0.05, 0.1) is 6.10 Å². The van der Waals surface area contributed by atoms with Crippen LogP contribution in [0.1, 0.15) is 49.0 Å². The number of benzene rings is 1. The molecule has 0 aliphatic heterocycles. The van der Waals surface area contributed by atoms with E-state index in [9.17, 15) is 5.11 Å². The molecule has 0 aliphatic rings. The highest BCUT2D eigenvalue weighted by Crippen LogP contribution is 2.16. The Hall–Kier alpha value is -0.900. The molecular formula is C17H29NO2. The Balaban J connectivity index is 2.13. The molecule has 1 rings (SSSR count). The van der Waals surface area contributed by atoms with Gasteiger partial charge >= 0.3 is 0 Å². The summed E-state index contributed by atoms with van der Waals surface area (Å²) in [6.45, 7) is 9.47. The molecule has 3 nitrogen and oxygen atoms in total. The second-order valence-electron chi connectivity index (χ2n) is 5.38. The molecule has 0 bridgehead atoms. The normalized spacial score (nSPS) is 12.6. The number of nitrogens with one attached hydrogen (secondary N) is 1. The number of rotatable bonds is 10. The van der Waals surface area contributed by atoms with Crippen LogP contribution in [0.2, 0.25) is 0 Å². The summed E-state index contributed by atoms with van der Waals surface area (Å²) in [4.78, 5) is 0. The monoisotopic (exact) mass is 279 g/mol. The second kappa shape index (κ2) is 9.92. The summed E-state index contributed by atoms with van der Waals surface area (Å²) in [6, 6.07) is 6.13. The van der Waals surface area contributed by atoms with E-state index in [1.54, 1.807) is 0 Å². The first kappa shape index (κ1) is 17.2. The average molecular weight is 279 g/mol. The Morgan fingerprint density at radius 3 is 2.60 bits per heavy atom. The first-order chi connectivity index (χ1) is 9.65. The largest absolute Gasteiger partial charge is 0.387 e. The molecule has 0 fully saturated rings. The minimum atomic E-state index is -0.435. The maximum absolute atomic E-state index is 10.1. The van der Waals surface area contributed by atoms with Gasteiger partial charge in [-0.15, -0.1) is 0 Å². The standard InChI is InChI=1S/C17H29NO2/c1-4-5-10-20-11-6-9-18-13-17(19)16-8-7-14(2)15(3)12-16/h7-8,12,17-19H,4-6,9-11,13H2,1-3H3. The lowest BCUT2D eigenvalue weighted by molar-refractivity contribution is 0.126. The van der Waals surface area contributed by atoms with Crippen molar-refractivity contribution in [2.24, 2.45) is 0 Å². The van der Waals surface area contributed by atoms with Crippen molar-refractivity contribution in [1.82, 2.24) is 5.32 Å².